The van der Waals surface area contributed by atoms with Crippen molar-refractivity contribution in [2.24, 2.45) is 5.11 Å². The summed E-state index contributed by atoms with van der Waals surface area (Å²) in [4.78, 5) is 18.1. The van der Waals surface area contributed by atoms with Crippen LogP contribution in [-0.2, 0) is 6.54 Å². The number of aromatic nitrogens is 5. The number of benzene rings is 1. The molecule has 0 fully saturated rings. The molecular weight excluding hydrogens is 494 g/mol. The van der Waals surface area contributed by atoms with Gasteiger partial charge in [-0.3, -0.25) is 14.9 Å². The fraction of sp³-hybridized carbons (Fsp3) is 0.190. The molecule has 0 spiro atoms. The van der Waals surface area contributed by atoms with E-state index in [2.05, 4.69) is 30.9 Å². The Morgan fingerprint density at radius 1 is 1.39 bits per heavy atom. The zero-order chi connectivity index (χ0) is 25.2. The van der Waals surface area contributed by atoms with Gasteiger partial charge in [-0.05, 0) is 12.1 Å². The Morgan fingerprint density at radius 2 is 2.25 bits per heavy atom. The monoisotopic (exact) mass is 512 g/mol. The van der Waals surface area contributed by atoms with Gasteiger partial charge in [-0.2, -0.15) is 19.0 Å². The Labute approximate surface area is 206 Å². The number of carbonyl (C=O) groups excluding carboxylic acids is 1. The van der Waals surface area contributed by atoms with Gasteiger partial charge in [0.25, 0.3) is 5.91 Å². The molecule has 0 aliphatic carbocycles. The maximum atomic E-state index is 13.3. The summed E-state index contributed by atoms with van der Waals surface area (Å²) in [6.45, 7) is -2.58. The maximum Gasteiger partial charge on any atom is 0.387 e. The Bertz CT molecular complexity index is 1480. The Morgan fingerprint density at radius 3 is 3.06 bits per heavy atom. The summed E-state index contributed by atoms with van der Waals surface area (Å²) in [5.74, 6) is -0.181. The van der Waals surface area contributed by atoms with Crippen LogP contribution in [-0.4, -0.2) is 55.0 Å². The van der Waals surface area contributed by atoms with Crippen LogP contribution in [0.1, 0.15) is 10.4 Å². The van der Waals surface area contributed by atoms with Crippen LogP contribution >= 0.6 is 11.8 Å². The number of amides is 1. The highest BCUT2D eigenvalue weighted by Crippen LogP contribution is 2.43. The Hall–Kier alpha value is -4.40. The van der Waals surface area contributed by atoms with E-state index in [1.165, 1.54) is 33.9 Å². The molecule has 15 heteroatoms. The second-order valence-corrected chi connectivity index (χ2v) is 8.68. The number of nitrogens with one attached hydrogen (secondary N) is 4. The third kappa shape index (κ3) is 4.59. The molecule has 4 N–H and O–H groups in total. The van der Waals surface area contributed by atoms with E-state index < -0.39 is 12.5 Å². The van der Waals surface area contributed by atoms with Crippen LogP contribution in [0.3, 0.4) is 0 Å². The van der Waals surface area contributed by atoms with Crippen molar-refractivity contribution in [3.05, 3.63) is 48.5 Å². The number of carbonyl (C=O) groups is 1. The highest BCUT2D eigenvalue weighted by molar-refractivity contribution is 7.99. The summed E-state index contributed by atoms with van der Waals surface area (Å²) < 4.78 is 34.1. The van der Waals surface area contributed by atoms with Gasteiger partial charge in [0.2, 0.25) is 0 Å². The third-order valence-electron chi connectivity index (χ3n) is 5.21. The van der Waals surface area contributed by atoms with Crippen LogP contribution in [0, 0.1) is 10.9 Å². The molecule has 0 saturated carbocycles. The van der Waals surface area contributed by atoms with Gasteiger partial charge in [0.05, 0.1) is 17.6 Å². The quantitative estimate of drug-likeness (QED) is 0.166. The van der Waals surface area contributed by atoms with E-state index in [1.807, 2.05) is 0 Å². The molecule has 36 heavy (non-hydrogen) atoms. The van der Waals surface area contributed by atoms with E-state index in [0.717, 1.165) is 10.6 Å². The van der Waals surface area contributed by atoms with Gasteiger partial charge in [-0.15, -0.1) is 16.9 Å². The van der Waals surface area contributed by atoms with Gasteiger partial charge < -0.3 is 15.4 Å². The van der Waals surface area contributed by atoms with E-state index in [1.54, 1.807) is 30.1 Å². The molecule has 4 heterocycles. The van der Waals surface area contributed by atoms with Crippen LogP contribution < -0.4 is 15.4 Å². The van der Waals surface area contributed by atoms with Crippen LogP contribution in [0.5, 0.6) is 5.75 Å². The maximum absolute atomic E-state index is 13.3. The summed E-state index contributed by atoms with van der Waals surface area (Å²) in [7, 11) is 0. The molecule has 1 amide bonds. The van der Waals surface area contributed by atoms with E-state index in [9.17, 15) is 13.6 Å². The first kappa shape index (κ1) is 23.3. The standard InChI is InChI=1S/C21H18F2N10O2S/c22-21(23)35-15-7-13-16(36-5-3-26-13)6-11(15)18-14(9-32(31-18)10-17(24)30-25)29-20(34)12-8-28-33-4-1-2-27-19(12)33/h1-2,4,6-9,21,24-26H,3,5,10H2,(H,29,34). The summed E-state index contributed by atoms with van der Waals surface area (Å²) in [5.41, 5.74) is 8.78. The van der Waals surface area contributed by atoms with Crippen molar-refractivity contribution < 1.29 is 18.3 Å². The molecule has 4 aromatic rings. The van der Waals surface area contributed by atoms with E-state index >= 15 is 0 Å². The van der Waals surface area contributed by atoms with E-state index in [-0.39, 0.29) is 40.6 Å². The molecule has 0 unspecified atom stereocenters. The molecule has 184 valence electrons. The minimum absolute atomic E-state index is 0.127. The largest absolute Gasteiger partial charge is 0.434 e. The lowest BCUT2D eigenvalue weighted by molar-refractivity contribution is -0.0494. The van der Waals surface area contributed by atoms with Gasteiger partial charge in [0, 0.05) is 47.4 Å². The van der Waals surface area contributed by atoms with Crippen LogP contribution in [0.4, 0.5) is 20.2 Å². The lowest BCUT2D eigenvalue weighted by Crippen LogP contribution is -2.13. The summed E-state index contributed by atoms with van der Waals surface area (Å²) >= 11 is 1.54. The van der Waals surface area contributed by atoms with E-state index in [0.29, 0.717) is 17.9 Å². The number of hydrogen-bond donors (Lipinski definition) is 4. The molecule has 1 aromatic carbocycles. The fourth-order valence-corrected chi connectivity index (χ4v) is 4.61. The minimum atomic E-state index is -3.08. The summed E-state index contributed by atoms with van der Waals surface area (Å²) in [5, 5.41) is 25.2. The molecule has 5 rings (SSSR count). The first-order chi connectivity index (χ1) is 17.4. The number of anilines is 2. The smallest absolute Gasteiger partial charge is 0.387 e. The predicted octanol–water partition coefficient (Wildman–Crippen LogP) is 3.97. The number of ether oxygens (including phenoxy) is 1. The molecule has 1 aliphatic rings. The summed E-state index contributed by atoms with van der Waals surface area (Å²) in [6.07, 6.45) is 5.97. The van der Waals surface area contributed by atoms with Crippen molar-refractivity contribution in [2.45, 2.75) is 18.1 Å². The first-order valence-corrected chi connectivity index (χ1v) is 11.5. The molecular formula is C21H18F2N10O2S. The average Bonchev–Trinajstić information content (AvgIpc) is 3.47. The molecule has 12 nitrogen and oxygen atoms in total. The molecule has 3 aromatic heterocycles. The zero-order valence-corrected chi connectivity index (χ0v) is 19.2. The van der Waals surface area contributed by atoms with Gasteiger partial charge >= 0.3 is 6.61 Å². The van der Waals surface area contributed by atoms with Crippen molar-refractivity contribution in [2.75, 3.05) is 22.9 Å². The van der Waals surface area contributed by atoms with Crippen LogP contribution in [0.25, 0.3) is 16.9 Å². The van der Waals surface area contributed by atoms with Gasteiger partial charge in [0.1, 0.15) is 23.6 Å². The Kier molecular flexibility index (Phi) is 6.28. The number of amidine groups is 1. The fourth-order valence-electron chi connectivity index (χ4n) is 3.70. The second-order valence-electron chi connectivity index (χ2n) is 7.55. The number of rotatable bonds is 7. The number of nitrogens with zero attached hydrogens (tertiary/aromatic N) is 6. The van der Waals surface area contributed by atoms with Crippen molar-refractivity contribution in [1.82, 2.24) is 24.4 Å². The normalized spacial score (nSPS) is 12.8. The summed E-state index contributed by atoms with van der Waals surface area (Å²) in [6, 6.07) is 4.82. The molecule has 0 saturated heterocycles. The predicted molar refractivity (Wildman–Crippen MR) is 127 cm³/mol. The van der Waals surface area contributed by atoms with Crippen LogP contribution in [0.2, 0.25) is 0 Å². The lowest BCUT2D eigenvalue weighted by Gasteiger charge is -2.20. The molecule has 0 bridgehead atoms. The highest BCUT2D eigenvalue weighted by atomic mass is 32.2. The van der Waals surface area contributed by atoms with Crippen molar-refractivity contribution in [3.63, 3.8) is 0 Å². The number of thioether (sulfide) groups is 1. The minimum Gasteiger partial charge on any atom is -0.434 e. The average molecular weight is 513 g/mol. The molecule has 0 atom stereocenters. The van der Waals surface area contributed by atoms with Gasteiger partial charge in [0.15, 0.2) is 11.5 Å². The number of hydrogen-bond acceptors (Lipinski definition) is 9. The Balaban J connectivity index is 1.59. The number of alkyl halides is 2. The van der Waals surface area contributed by atoms with Crippen molar-refractivity contribution in [1.29, 1.82) is 10.9 Å². The number of fused-ring (bicyclic) bond motifs is 2. The van der Waals surface area contributed by atoms with Gasteiger partial charge in [-0.25, -0.2) is 15.0 Å². The van der Waals surface area contributed by atoms with Crippen LogP contribution in [0.15, 0.2) is 53.0 Å². The molecule has 0 radical (unpaired) electrons. The SMILES string of the molecule is N=NC(=N)Cn1cc(NC(=O)c2cnn3cccnc23)c(-c2cc3c(cc2OC(F)F)NCCS3)n1. The zero-order valence-electron chi connectivity index (χ0n) is 18.4. The third-order valence-corrected chi connectivity index (χ3v) is 6.27. The second kappa shape index (κ2) is 9.69. The lowest BCUT2D eigenvalue weighted by atomic mass is 10.1. The highest BCUT2D eigenvalue weighted by Gasteiger charge is 2.24. The van der Waals surface area contributed by atoms with Crippen molar-refractivity contribution in [3.8, 4) is 17.0 Å². The number of halogens is 2. The topological polar surface area (TPSA) is 158 Å². The van der Waals surface area contributed by atoms with E-state index in [4.69, 9.17) is 15.7 Å². The van der Waals surface area contributed by atoms with Crippen molar-refractivity contribution >= 4 is 40.5 Å². The molecule has 1 aliphatic heterocycles. The first-order valence-electron chi connectivity index (χ1n) is 10.5. The van der Waals surface area contributed by atoms with Gasteiger partial charge in [-0.1, -0.05) is 0 Å².